The maximum atomic E-state index is 14.3. The summed E-state index contributed by atoms with van der Waals surface area (Å²) in [6.07, 6.45) is 0.210. The zero-order valence-electron chi connectivity index (χ0n) is 18.2. The summed E-state index contributed by atoms with van der Waals surface area (Å²) in [6.45, 7) is -1.04. The van der Waals surface area contributed by atoms with Crippen LogP contribution in [0.15, 0.2) is 53.1 Å². The number of hydrogen-bond donors (Lipinski definition) is 1. The minimum absolute atomic E-state index is 0.0177. The highest BCUT2D eigenvalue weighted by atomic mass is 79.9. The number of benzene rings is 2. The number of para-hydroxylation sites is 1. The van der Waals surface area contributed by atoms with Gasteiger partial charge in [0.1, 0.15) is 25.1 Å². The van der Waals surface area contributed by atoms with Gasteiger partial charge in [0.2, 0.25) is 5.91 Å². The van der Waals surface area contributed by atoms with Crippen molar-refractivity contribution < 1.29 is 28.3 Å². The number of aliphatic hydroxyl groups excluding tert-OH is 1. The number of amides is 1. The summed E-state index contributed by atoms with van der Waals surface area (Å²) in [6, 6.07) is 10.9. The molecule has 1 saturated heterocycles. The number of halogens is 3. The summed E-state index contributed by atoms with van der Waals surface area (Å²) in [4.78, 5) is 39.4. The topological polar surface area (TPSA) is 79.6 Å². The maximum absolute atomic E-state index is 14.3. The number of aliphatic hydroxyl groups is 1. The molecule has 0 bridgehead atoms. The fourth-order valence-corrected chi connectivity index (χ4v) is 4.86. The summed E-state index contributed by atoms with van der Waals surface area (Å²) in [7, 11) is 0. The second-order valence-corrected chi connectivity index (χ2v) is 9.20. The first-order valence-corrected chi connectivity index (χ1v) is 11.7. The fraction of sp³-hybridized carbons (Fsp3) is 0.320. The normalized spacial score (nSPS) is 17.9. The first-order chi connectivity index (χ1) is 16.3. The van der Waals surface area contributed by atoms with Gasteiger partial charge < -0.3 is 14.6 Å². The first-order valence-electron chi connectivity index (χ1n) is 10.9. The molecule has 1 N–H and O–H groups in total. The highest BCUT2D eigenvalue weighted by Gasteiger charge is 2.39. The number of aromatic nitrogens is 1. The van der Waals surface area contributed by atoms with Gasteiger partial charge in [-0.25, -0.2) is 8.78 Å². The molecule has 2 aromatic carbocycles. The third-order valence-corrected chi connectivity index (χ3v) is 6.77. The van der Waals surface area contributed by atoms with Crippen LogP contribution < -0.4 is 0 Å². The van der Waals surface area contributed by atoms with Crippen LogP contribution >= 0.6 is 15.9 Å². The third kappa shape index (κ3) is 4.81. The van der Waals surface area contributed by atoms with Gasteiger partial charge in [-0.3, -0.25) is 14.4 Å². The molecule has 0 unspecified atom stereocenters. The Bertz CT molecular complexity index is 1260. The van der Waals surface area contributed by atoms with Gasteiger partial charge in [-0.15, -0.1) is 0 Å². The largest absolute Gasteiger partial charge is 0.388 e. The van der Waals surface area contributed by atoms with E-state index in [4.69, 9.17) is 0 Å². The molecule has 6 nitrogen and oxygen atoms in total. The van der Waals surface area contributed by atoms with Crippen LogP contribution in [0.1, 0.15) is 28.8 Å². The maximum Gasteiger partial charge on any atom is 0.243 e. The molecule has 4 rings (SSSR count). The Morgan fingerprint density at radius 3 is 2.65 bits per heavy atom. The summed E-state index contributed by atoms with van der Waals surface area (Å²) in [5.74, 6) is -1.68. The third-order valence-electron chi connectivity index (χ3n) is 6.15. The van der Waals surface area contributed by atoms with E-state index in [1.807, 2.05) is 0 Å². The molecule has 9 heteroatoms. The molecule has 1 fully saturated rings. The van der Waals surface area contributed by atoms with Crippen LogP contribution in [-0.4, -0.2) is 57.4 Å². The van der Waals surface area contributed by atoms with Gasteiger partial charge in [-0.2, -0.15) is 0 Å². The Morgan fingerprint density at radius 2 is 1.88 bits per heavy atom. The van der Waals surface area contributed by atoms with Crippen LogP contribution in [0.4, 0.5) is 8.78 Å². The average molecular weight is 533 g/mol. The van der Waals surface area contributed by atoms with Gasteiger partial charge in [0.05, 0.1) is 17.1 Å². The number of carbonyl (C=O) groups is 3. The van der Waals surface area contributed by atoms with E-state index in [1.54, 1.807) is 47.0 Å². The molecule has 0 radical (unpaired) electrons. The quantitative estimate of drug-likeness (QED) is 0.447. The smallest absolute Gasteiger partial charge is 0.243 e. The lowest BCUT2D eigenvalue weighted by Gasteiger charge is -2.24. The van der Waals surface area contributed by atoms with E-state index in [0.717, 1.165) is 0 Å². The summed E-state index contributed by atoms with van der Waals surface area (Å²) in [5, 5.41) is 9.86. The van der Waals surface area contributed by atoms with Crippen molar-refractivity contribution in [1.82, 2.24) is 9.47 Å². The predicted molar refractivity (Wildman–Crippen MR) is 126 cm³/mol. The number of carbonyl (C=O) groups excluding carboxylic acids is 3. The van der Waals surface area contributed by atoms with E-state index < -0.39 is 36.3 Å². The zero-order chi connectivity index (χ0) is 24.4. The van der Waals surface area contributed by atoms with Gasteiger partial charge >= 0.3 is 0 Å². The molecule has 0 aliphatic carbocycles. The van der Waals surface area contributed by atoms with Crippen LogP contribution in [0, 0.1) is 5.82 Å². The molecule has 2 atom stereocenters. The predicted octanol–water partition coefficient (Wildman–Crippen LogP) is 3.86. The Kier molecular flexibility index (Phi) is 7.23. The summed E-state index contributed by atoms with van der Waals surface area (Å²) < 4.78 is 30.4. The molecule has 178 valence electrons. The number of fused-ring (bicyclic) bond motifs is 1. The van der Waals surface area contributed by atoms with Crippen LogP contribution in [0.5, 0.6) is 0 Å². The van der Waals surface area contributed by atoms with Crippen molar-refractivity contribution in [3.8, 4) is 0 Å². The molecular weight excluding hydrogens is 510 g/mol. The van der Waals surface area contributed by atoms with Crippen LogP contribution in [0.25, 0.3) is 10.9 Å². The van der Waals surface area contributed by atoms with Crippen molar-refractivity contribution in [2.45, 2.75) is 38.0 Å². The number of nitrogens with zero attached hydrogens (tertiary/aromatic N) is 2. The van der Waals surface area contributed by atoms with E-state index in [-0.39, 0.29) is 38.1 Å². The first kappa shape index (κ1) is 24.2. The van der Waals surface area contributed by atoms with E-state index in [0.29, 0.717) is 26.5 Å². The number of alkyl halides is 1. The molecule has 1 amide bonds. The average Bonchev–Trinajstić information content (AvgIpc) is 3.40. The number of likely N-dealkylation sites (tertiary alicyclic amines) is 1. The van der Waals surface area contributed by atoms with Crippen molar-refractivity contribution >= 4 is 44.3 Å². The minimum atomic E-state index is -1.33. The SMILES string of the molecule is O=C(CO)c1cn(CC(=O)N2C[C@H](F)C[C@H]2C(=O)CCc2cccc(Br)c2F)c2ccccc12. The van der Waals surface area contributed by atoms with Crippen molar-refractivity contribution in [3.05, 3.63) is 70.1 Å². The van der Waals surface area contributed by atoms with Crippen LogP contribution in [0.3, 0.4) is 0 Å². The van der Waals surface area contributed by atoms with Gasteiger partial charge in [0.15, 0.2) is 11.6 Å². The van der Waals surface area contributed by atoms with E-state index in [2.05, 4.69) is 15.9 Å². The number of Topliss-reactive ketones (excluding diaryl/α,β-unsaturated/α-hetero) is 2. The Hall–Kier alpha value is -2.91. The molecular formula is C25H23BrF2N2O4. The highest BCUT2D eigenvalue weighted by Crippen LogP contribution is 2.26. The highest BCUT2D eigenvalue weighted by molar-refractivity contribution is 9.10. The van der Waals surface area contributed by atoms with Crippen molar-refractivity contribution in [3.63, 3.8) is 0 Å². The molecule has 2 heterocycles. The zero-order valence-corrected chi connectivity index (χ0v) is 19.8. The molecule has 3 aromatic rings. The van der Waals surface area contributed by atoms with E-state index in [9.17, 15) is 28.3 Å². The van der Waals surface area contributed by atoms with Gasteiger partial charge in [-0.05, 0) is 40.0 Å². The lowest BCUT2D eigenvalue weighted by Crippen LogP contribution is -2.42. The van der Waals surface area contributed by atoms with Crippen molar-refractivity contribution in [2.24, 2.45) is 0 Å². The molecule has 1 aromatic heterocycles. The fourth-order valence-electron chi connectivity index (χ4n) is 4.45. The Labute approximate surface area is 203 Å². The van der Waals surface area contributed by atoms with E-state index in [1.165, 1.54) is 11.1 Å². The monoisotopic (exact) mass is 532 g/mol. The van der Waals surface area contributed by atoms with Gasteiger partial charge in [0.25, 0.3) is 0 Å². The summed E-state index contributed by atoms with van der Waals surface area (Å²) in [5.41, 5.74) is 1.28. The molecule has 34 heavy (non-hydrogen) atoms. The lowest BCUT2D eigenvalue weighted by atomic mass is 10.0. The van der Waals surface area contributed by atoms with Crippen molar-refractivity contribution in [1.29, 1.82) is 0 Å². The second-order valence-electron chi connectivity index (χ2n) is 8.34. The number of hydrogen-bond acceptors (Lipinski definition) is 4. The number of aryl methyl sites for hydroxylation is 1. The van der Waals surface area contributed by atoms with Gasteiger partial charge in [-0.1, -0.05) is 30.3 Å². The Balaban J connectivity index is 1.51. The minimum Gasteiger partial charge on any atom is -0.388 e. The standard InChI is InChI=1S/C25H23BrF2N2O4/c26-19-6-3-4-15(25(19)28)8-9-22(32)21-10-16(27)11-30(21)24(34)13-29-12-18(23(33)14-31)17-5-1-2-7-20(17)29/h1-7,12,16,21,31H,8-11,13-14H2/t16-,21+/m1/s1. The van der Waals surface area contributed by atoms with Crippen molar-refractivity contribution in [2.75, 3.05) is 13.2 Å². The molecule has 0 saturated carbocycles. The van der Waals surface area contributed by atoms with Gasteiger partial charge in [0, 0.05) is 35.5 Å². The summed E-state index contributed by atoms with van der Waals surface area (Å²) >= 11 is 3.12. The van der Waals surface area contributed by atoms with Crippen LogP contribution in [-0.2, 0) is 22.6 Å². The molecule has 1 aliphatic rings. The lowest BCUT2D eigenvalue weighted by molar-refractivity contribution is -0.138. The Morgan fingerprint density at radius 1 is 1.12 bits per heavy atom. The number of ketones is 2. The van der Waals surface area contributed by atoms with Crippen LogP contribution in [0.2, 0.25) is 0 Å². The van der Waals surface area contributed by atoms with E-state index >= 15 is 0 Å². The number of rotatable bonds is 8. The molecule has 0 spiro atoms. The molecule has 1 aliphatic heterocycles. The second kappa shape index (κ2) is 10.1.